The van der Waals surface area contributed by atoms with Crippen LogP contribution in [0.2, 0.25) is 0 Å². The molecule has 0 radical (unpaired) electrons. The quantitative estimate of drug-likeness (QED) is 0.785. The third kappa shape index (κ3) is 1.72. The van der Waals surface area contributed by atoms with Gasteiger partial charge in [-0.15, -0.1) is 11.8 Å². The summed E-state index contributed by atoms with van der Waals surface area (Å²) >= 11 is 1.49. The van der Waals surface area contributed by atoms with Gasteiger partial charge < -0.3 is 5.73 Å². The summed E-state index contributed by atoms with van der Waals surface area (Å²) in [4.78, 5) is 1.03. The van der Waals surface area contributed by atoms with Crippen LogP contribution in [0.1, 0.15) is 22.7 Å². The number of halogens is 2. The first-order chi connectivity index (χ1) is 8.68. The molecule has 0 saturated heterocycles. The van der Waals surface area contributed by atoms with Gasteiger partial charge in [-0.3, -0.25) is 0 Å². The van der Waals surface area contributed by atoms with Crippen LogP contribution in [0.5, 0.6) is 0 Å². The van der Waals surface area contributed by atoms with Gasteiger partial charge in [0.15, 0.2) is 11.6 Å². The minimum atomic E-state index is -0.812. The van der Waals surface area contributed by atoms with Gasteiger partial charge in [0.1, 0.15) is 0 Å². The van der Waals surface area contributed by atoms with Crippen LogP contribution in [-0.4, -0.2) is 0 Å². The van der Waals surface area contributed by atoms with E-state index in [0.717, 1.165) is 16.5 Å². The van der Waals surface area contributed by atoms with E-state index in [1.807, 2.05) is 24.3 Å². The van der Waals surface area contributed by atoms with E-state index in [-0.39, 0.29) is 0 Å². The monoisotopic (exact) mass is 263 g/mol. The Morgan fingerprint density at radius 3 is 2.67 bits per heavy atom. The number of hydrogen-bond donors (Lipinski definition) is 1. The molecule has 0 aliphatic carbocycles. The molecule has 2 aromatic carbocycles. The zero-order valence-electron chi connectivity index (χ0n) is 9.49. The number of hydrogen-bond acceptors (Lipinski definition) is 2. The number of nitrogens with two attached hydrogens (primary N) is 1. The zero-order chi connectivity index (χ0) is 12.7. The molecule has 0 fully saturated rings. The van der Waals surface area contributed by atoms with Crippen LogP contribution in [-0.2, 0) is 5.75 Å². The van der Waals surface area contributed by atoms with E-state index < -0.39 is 17.7 Å². The molecule has 0 bridgehead atoms. The fraction of sp³-hybridized carbons (Fsp3) is 0.143. The number of benzene rings is 2. The molecule has 1 heterocycles. The van der Waals surface area contributed by atoms with Gasteiger partial charge in [-0.2, -0.15) is 0 Å². The van der Waals surface area contributed by atoms with Gasteiger partial charge in [-0.25, -0.2) is 8.78 Å². The summed E-state index contributed by atoms with van der Waals surface area (Å²) in [7, 11) is 0. The Morgan fingerprint density at radius 2 is 1.83 bits per heavy atom. The lowest BCUT2D eigenvalue weighted by Gasteiger charge is -2.15. The highest BCUT2D eigenvalue weighted by Gasteiger charge is 2.24. The van der Waals surface area contributed by atoms with Crippen molar-refractivity contribution >= 4 is 11.8 Å². The van der Waals surface area contributed by atoms with E-state index >= 15 is 0 Å². The predicted octanol–water partition coefficient (Wildman–Crippen LogP) is 3.62. The van der Waals surface area contributed by atoms with E-state index in [4.69, 9.17) is 5.73 Å². The molecule has 0 spiro atoms. The van der Waals surface area contributed by atoms with Gasteiger partial charge >= 0.3 is 0 Å². The molecular formula is C14H11F2NS. The van der Waals surface area contributed by atoms with Crippen LogP contribution in [0.25, 0.3) is 0 Å². The average molecular weight is 263 g/mol. The van der Waals surface area contributed by atoms with Crippen LogP contribution < -0.4 is 5.73 Å². The predicted molar refractivity (Wildman–Crippen MR) is 68.4 cm³/mol. The van der Waals surface area contributed by atoms with Gasteiger partial charge in [-0.05, 0) is 23.3 Å². The van der Waals surface area contributed by atoms with Crippen molar-refractivity contribution in [1.82, 2.24) is 0 Å². The van der Waals surface area contributed by atoms with Crippen molar-refractivity contribution in [3.05, 3.63) is 64.7 Å². The van der Waals surface area contributed by atoms with E-state index in [0.29, 0.717) is 16.9 Å². The molecule has 1 atom stereocenters. The normalized spacial score (nSPS) is 17.8. The van der Waals surface area contributed by atoms with Crippen molar-refractivity contribution in [2.75, 3.05) is 0 Å². The van der Waals surface area contributed by atoms with Crippen LogP contribution in [0.3, 0.4) is 0 Å². The zero-order valence-corrected chi connectivity index (χ0v) is 10.3. The van der Waals surface area contributed by atoms with Gasteiger partial charge in [0.25, 0.3) is 0 Å². The van der Waals surface area contributed by atoms with Gasteiger partial charge in [0, 0.05) is 16.2 Å². The molecule has 2 N–H and O–H groups in total. The molecule has 0 aromatic heterocycles. The SMILES string of the molecule is NC1c2ccccc2SCc2c1ccc(F)c2F. The first-order valence-corrected chi connectivity index (χ1v) is 6.61. The highest BCUT2D eigenvalue weighted by atomic mass is 32.2. The van der Waals surface area contributed by atoms with Crippen molar-refractivity contribution in [1.29, 1.82) is 0 Å². The Hall–Kier alpha value is -1.39. The van der Waals surface area contributed by atoms with Crippen molar-refractivity contribution in [3.63, 3.8) is 0 Å². The summed E-state index contributed by atoms with van der Waals surface area (Å²) in [5.41, 5.74) is 8.19. The molecule has 3 rings (SSSR count). The Labute approximate surface area is 108 Å². The molecule has 18 heavy (non-hydrogen) atoms. The van der Waals surface area contributed by atoms with Gasteiger partial charge in [0.2, 0.25) is 0 Å². The van der Waals surface area contributed by atoms with Crippen LogP contribution >= 0.6 is 11.8 Å². The van der Waals surface area contributed by atoms with E-state index in [9.17, 15) is 8.78 Å². The molecule has 1 nitrogen and oxygen atoms in total. The maximum Gasteiger partial charge on any atom is 0.163 e. The summed E-state index contributed by atoms with van der Waals surface area (Å²) in [5, 5.41) is 0. The maximum absolute atomic E-state index is 13.8. The summed E-state index contributed by atoms with van der Waals surface area (Å²) in [6.07, 6.45) is 0. The third-order valence-electron chi connectivity index (χ3n) is 3.19. The fourth-order valence-corrected chi connectivity index (χ4v) is 3.36. The molecule has 1 aliphatic heterocycles. The molecule has 1 aliphatic rings. The largest absolute Gasteiger partial charge is 0.320 e. The first kappa shape index (κ1) is 11.7. The maximum atomic E-state index is 13.8. The lowest BCUT2D eigenvalue weighted by Crippen LogP contribution is -2.14. The topological polar surface area (TPSA) is 26.0 Å². The van der Waals surface area contributed by atoms with E-state index in [2.05, 4.69) is 0 Å². The van der Waals surface area contributed by atoms with Crippen LogP contribution in [0.15, 0.2) is 41.3 Å². The van der Waals surface area contributed by atoms with Gasteiger partial charge in [-0.1, -0.05) is 24.3 Å². The van der Waals surface area contributed by atoms with Crippen LogP contribution in [0, 0.1) is 11.6 Å². The third-order valence-corrected chi connectivity index (χ3v) is 4.31. The minimum Gasteiger partial charge on any atom is -0.320 e. The highest BCUT2D eigenvalue weighted by Crippen LogP contribution is 2.39. The molecule has 0 amide bonds. The number of rotatable bonds is 0. The lowest BCUT2D eigenvalue weighted by molar-refractivity contribution is 0.499. The summed E-state index contributed by atoms with van der Waals surface area (Å²) in [5.74, 6) is -1.18. The Bertz CT molecular complexity index is 613. The molecule has 4 heteroatoms. The van der Waals surface area contributed by atoms with Crippen molar-refractivity contribution in [2.24, 2.45) is 5.73 Å². The molecule has 1 unspecified atom stereocenters. The lowest BCUT2D eigenvalue weighted by atomic mass is 9.95. The molecule has 0 saturated carbocycles. The number of thioether (sulfide) groups is 1. The Kier molecular flexibility index (Phi) is 2.84. The first-order valence-electron chi connectivity index (χ1n) is 5.62. The summed E-state index contributed by atoms with van der Waals surface area (Å²) < 4.78 is 27.1. The fourth-order valence-electron chi connectivity index (χ4n) is 2.23. The summed E-state index contributed by atoms with van der Waals surface area (Å²) in [6.45, 7) is 0. The van der Waals surface area contributed by atoms with Gasteiger partial charge in [0.05, 0.1) is 6.04 Å². The highest BCUT2D eigenvalue weighted by molar-refractivity contribution is 7.98. The average Bonchev–Trinajstić information content (AvgIpc) is 2.53. The van der Waals surface area contributed by atoms with Crippen molar-refractivity contribution in [3.8, 4) is 0 Å². The summed E-state index contributed by atoms with van der Waals surface area (Å²) in [6, 6.07) is 10.0. The Balaban J connectivity index is 2.21. The van der Waals surface area contributed by atoms with Crippen molar-refractivity contribution < 1.29 is 8.78 Å². The van der Waals surface area contributed by atoms with E-state index in [1.165, 1.54) is 11.8 Å². The van der Waals surface area contributed by atoms with Crippen LogP contribution in [0.4, 0.5) is 8.78 Å². The second kappa shape index (κ2) is 4.37. The Morgan fingerprint density at radius 1 is 1.06 bits per heavy atom. The van der Waals surface area contributed by atoms with Crippen molar-refractivity contribution in [2.45, 2.75) is 16.7 Å². The standard InChI is InChI=1S/C14H11F2NS/c15-11-6-5-8-10(13(11)16)7-18-12-4-2-1-3-9(12)14(8)17/h1-6,14H,7,17H2. The van der Waals surface area contributed by atoms with E-state index in [1.54, 1.807) is 6.07 Å². The molecular weight excluding hydrogens is 252 g/mol. The number of fused-ring (bicyclic) bond motifs is 2. The second-order valence-electron chi connectivity index (χ2n) is 4.23. The minimum absolute atomic E-state index is 0.378. The second-order valence-corrected chi connectivity index (χ2v) is 5.25. The molecule has 92 valence electrons. The smallest absolute Gasteiger partial charge is 0.163 e. The molecule has 2 aromatic rings.